The molecular formula is C26H28N4OS. The average molecular weight is 445 g/mol. The number of aryl methyl sites for hydroxylation is 1. The van der Waals surface area contributed by atoms with Crippen LogP contribution in [0.15, 0.2) is 47.6 Å². The van der Waals surface area contributed by atoms with Crippen molar-refractivity contribution in [2.75, 3.05) is 11.1 Å². The lowest BCUT2D eigenvalue weighted by molar-refractivity contribution is -0.113. The maximum Gasteiger partial charge on any atom is 0.234 e. The second-order valence-electron chi connectivity index (χ2n) is 9.09. The molecule has 3 aromatic rings. The van der Waals surface area contributed by atoms with E-state index in [1.807, 2.05) is 36.4 Å². The van der Waals surface area contributed by atoms with Gasteiger partial charge in [0.2, 0.25) is 5.91 Å². The molecule has 0 saturated heterocycles. The van der Waals surface area contributed by atoms with Crippen molar-refractivity contribution in [3.05, 3.63) is 59.4 Å². The van der Waals surface area contributed by atoms with Crippen molar-refractivity contribution in [3.8, 4) is 6.07 Å². The molecular weight excluding hydrogens is 416 g/mol. The zero-order valence-electron chi connectivity index (χ0n) is 18.8. The van der Waals surface area contributed by atoms with E-state index in [4.69, 9.17) is 4.98 Å². The summed E-state index contributed by atoms with van der Waals surface area (Å²) in [4.78, 5) is 21.7. The van der Waals surface area contributed by atoms with Crippen LogP contribution in [0.3, 0.4) is 0 Å². The third-order valence-corrected chi connectivity index (χ3v) is 7.69. The lowest BCUT2D eigenvalue weighted by Gasteiger charge is -2.37. The highest BCUT2D eigenvalue weighted by Crippen LogP contribution is 2.40. The molecule has 1 amide bonds. The van der Waals surface area contributed by atoms with Gasteiger partial charge in [-0.25, -0.2) is 4.98 Å². The molecule has 1 unspecified atom stereocenters. The normalized spacial score (nSPS) is 15.8. The number of para-hydroxylation sites is 1. The van der Waals surface area contributed by atoms with Crippen LogP contribution in [0.25, 0.3) is 10.9 Å². The number of carbonyl (C=O) groups is 1. The topological polar surface area (TPSA) is 78.7 Å². The number of fused-ring (bicyclic) bond motifs is 2. The first-order valence-electron chi connectivity index (χ1n) is 11.1. The Bertz CT molecular complexity index is 1200. The number of benzene rings is 1. The average Bonchev–Trinajstić information content (AvgIpc) is 2.81. The van der Waals surface area contributed by atoms with E-state index in [2.05, 4.69) is 37.1 Å². The minimum Gasteiger partial charge on any atom is -0.324 e. The summed E-state index contributed by atoms with van der Waals surface area (Å²) >= 11 is 1.32. The Balaban J connectivity index is 1.44. The monoisotopic (exact) mass is 444 g/mol. The van der Waals surface area contributed by atoms with Gasteiger partial charge in [-0.3, -0.25) is 9.78 Å². The van der Waals surface area contributed by atoms with Crippen molar-refractivity contribution in [3.63, 3.8) is 0 Å². The zero-order valence-corrected chi connectivity index (χ0v) is 19.6. The Labute approximate surface area is 193 Å². The van der Waals surface area contributed by atoms with E-state index in [9.17, 15) is 10.1 Å². The third kappa shape index (κ3) is 4.78. The smallest absolute Gasteiger partial charge is 0.234 e. The Morgan fingerprint density at radius 1 is 1.31 bits per heavy atom. The summed E-state index contributed by atoms with van der Waals surface area (Å²) in [7, 11) is 0. The Morgan fingerprint density at radius 3 is 2.91 bits per heavy atom. The van der Waals surface area contributed by atoms with Crippen LogP contribution in [-0.2, 0) is 17.6 Å². The molecule has 1 aliphatic carbocycles. The van der Waals surface area contributed by atoms with Gasteiger partial charge in [0.15, 0.2) is 0 Å². The summed E-state index contributed by atoms with van der Waals surface area (Å²) in [5, 5.41) is 14.2. The van der Waals surface area contributed by atoms with Crippen LogP contribution in [0.4, 0.5) is 5.69 Å². The Kier molecular flexibility index (Phi) is 6.48. The van der Waals surface area contributed by atoms with E-state index < -0.39 is 0 Å². The highest BCUT2D eigenvalue weighted by Gasteiger charge is 2.32. The summed E-state index contributed by atoms with van der Waals surface area (Å²) in [6.07, 6.45) is 5.82. The number of thioether (sulfide) groups is 1. The Morgan fingerprint density at radius 2 is 2.12 bits per heavy atom. The maximum absolute atomic E-state index is 12.5. The zero-order chi connectivity index (χ0) is 22.7. The number of anilines is 1. The molecule has 2 heterocycles. The number of hydrogen-bond acceptors (Lipinski definition) is 5. The predicted octanol–water partition coefficient (Wildman–Crippen LogP) is 5.77. The number of hydrogen-bond donors (Lipinski definition) is 1. The summed E-state index contributed by atoms with van der Waals surface area (Å²) < 4.78 is 0. The number of nitriles is 1. The van der Waals surface area contributed by atoms with Crippen LogP contribution < -0.4 is 5.32 Å². The van der Waals surface area contributed by atoms with Crippen LogP contribution in [-0.4, -0.2) is 21.6 Å². The van der Waals surface area contributed by atoms with Crippen LogP contribution in [0, 0.1) is 22.7 Å². The summed E-state index contributed by atoms with van der Waals surface area (Å²) in [6, 6.07) is 14.0. The largest absolute Gasteiger partial charge is 0.324 e. The van der Waals surface area contributed by atoms with Crippen molar-refractivity contribution in [1.82, 2.24) is 9.97 Å². The first kappa shape index (κ1) is 22.3. The fourth-order valence-electron chi connectivity index (χ4n) is 4.26. The predicted molar refractivity (Wildman–Crippen MR) is 130 cm³/mol. The van der Waals surface area contributed by atoms with Gasteiger partial charge in [-0.2, -0.15) is 5.26 Å². The van der Waals surface area contributed by atoms with E-state index in [1.54, 1.807) is 6.20 Å². The SMILES string of the molecule is CCC(C)(C)C1CCc2nc(SCC(=O)Nc3cnc4ccccc4c3)c(C#N)cc2C1. The van der Waals surface area contributed by atoms with E-state index in [-0.39, 0.29) is 17.1 Å². The molecule has 4 rings (SSSR count). The van der Waals surface area contributed by atoms with Gasteiger partial charge in [-0.15, -0.1) is 0 Å². The minimum absolute atomic E-state index is 0.139. The molecule has 1 N–H and O–H groups in total. The molecule has 0 saturated carbocycles. The highest BCUT2D eigenvalue weighted by molar-refractivity contribution is 8.00. The number of amides is 1. The van der Waals surface area contributed by atoms with Crippen molar-refractivity contribution in [1.29, 1.82) is 5.26 Å². The Hall–Kier alpha value is -2.91. The summed E-state index contributed by atoms with van der Waals surface area (Å²) in [6.45, 7) is 6.90. The van der Waals surface area contributed by atoms with Gasteiger partial charge in [0.1, 0.15) is 11.1 Å². The van der Waals surface area contributed by atoms with E-state index >= 15 is 0 Å². The standard InChI is InChI=1S/C26H28N4OS/c1-4-26(2,3)20-9-10-23-18(12-20)11-19(14-27)25(30-23)32-16-24(31)29-21-13-17-7-5-6-8-22(17)28-15-21/h5-8,11,13,15,20H,4,9-10,12,16H2,1-3H3,(H,29,31). The molecule has 32 heavy (non-hydrogen) atoms. The molecule has 164 valence electrons. The lowest BCUT2D eigenvalue weighted by atomic mass is 9.69. The van der Waals surface area contributed by atoms with Gasteiger partial charge in [0.25, 0.3) is 0 Å². The number of aromatic nitrogens is 2. The molecule has 6 heteroatoms. The van der Waals surface area contributed by atoms with E-state index in [1.165, 1.54) is 17.3 Å². The molecule has 5 nitrogen and oxygen atoms in total. The molecule has 0 bridgehead atoms. The number of nitrogens with one attached hydrogen (secondary N) is 1. The van der Waals surface area contributed by atoms with E-state index in [0.29, 0.717) is 22.2 Å². The number of pyridine rings is 2. The van der Waals surface area contributed by atoms with Gasteiger partial charge in [-0.05, 0) is 54.4 Å². The molecule has 0 aliphatic heterocycles. The number of rotatable bonds is 6. The lowest BCUT2D eigenvalue weighted by Crippen LogP contribution is -2.29. The van der Waals surface area contributed by atoms with Crippen LogP contribution in [0.1, 0.15) is 50.4 Å². The second-order valence-corrected chi connectivity index (χ2v) is 10.1. The van der Waals surface area contributed by atoms with Crippen LogP contribution in [0.5, 0.6) is 0 Å². The van der Waals surface area contributed by atoms with Gasteiger partial charge < -0.3 is 5.32 Å². The highest BCUT2D eigenvalue weighted by atomic mass is 32.2. The maximum atomic E-state index is 12.5. The van der Waals surface area contributed by atoms with Gasteiger partial charge >= 0.3 is 0 Å². The minimum atomic E-state index is -0.139. The second kappa shape index (κ2) is 9.30. The van der Waals surface area contributed by atoms with Gasteiger partial charge in [-0.1, -0.05) is 57.2 Å². The van der Waals surface area contributed by atoms with Crippen LogP contribution in [0.2, 0.25) is 0 Å². The molecule has 1 aromatic carbocycles. The third-order valence-electron chi connectivity index (χ3n) is 6.70. The molecule has 1 aliphatic rings. The molecule has 1 atom stereocenters. The molecule has 2 aromatic heterocycles. The van der Waals surface area contributed by atoms with Crippen LogP contribution >= 0.6 is 11.8 Å². The number of nitrogens with zero attached hydrogens (tertiary/aromatic N) is 3. The van der Waals surface area contributed by atoms with Crippen molar-refractivity contribution >= 4 is 34.3 Å². The molecule has 0 spiro atoms. The fraction of sp³-hybridized carbons (Fsp3) is 0.385. The van der Waals surface area contributed by atoms with Crippen molar-refractivity contribution < 1.29 is 4.79 Å². The summed E-state index contributed by atoms with van der Waals surface area (Å²) in [5.74, 6) is 0.659. The quantitative estimate of drug-likeness (QED) is 0.488. The molecule has 0 fully saturated rings. The van der Waals surface area contributed by atoms with Crippen molar-refractivity contribution in [2.24, 2.45) is 11.3 Å². The molecule has 0 radical (unpaired) electrons. The first-order chi connectivity index (χ1) is 15.4. The number of carbonyl (C=O) groups excluding carboxylic acids is 1. The van der Waals surface area contributed by atoms with Gasteiger partial charge in [0, 0.05) is 11.1 Å². The van der Waals surface area contributed by atoms with E-state index in [0.717, 1.165) is 42.3 Å². The van der Waals surface area contributed by atoms with Crippen molar-refractivity contribution in [2.45, 2.75) is 51.5 Å². The van der Waals surface area contributed by atoms with Gasteiger partial charge in [0.05, 0.1) is 28.7 Å². The summed E-state index contributed by atoms with van der Waals surface area (Å²) in [5.41, 5.74) is 4.67. The fourth-order valence-corrected chi connectivity index (χ4v) is 5.04. The first-order valence-corrected chi connectivity index (χ1v) is 12.1.